The fourth-order valence-electron chi connectivity index (χ4n) is 1.70. The monoisotopic (exact) mass is 299 g/mol. The molecule has 0 aliphatic carbocycles. The Kier molecular flexibility index (Phi) is 7.00. The Balaban J connectivity index is 2.70. The first-order valence-corrected chi connectivity index (χ1v) is 8.33. The van der Waals surface area contributed by atoms with E-state index in [0.29, 0.717) is 18.0 Å². The molecule has 7 heteroatoms. The van der Waals surface area contributed by atoms with Crippen molar-refractivity contribution in [2.75, 3.05) is 35.7 Å². The van der Waals surface area contributed by atoms with Gasteiger partial charge in [0, 0.05) is 59.4 Å². The molecule has 112 valence electrons. The largest absolute Gasteiger partial charge is 0.385 e. The molecule has 20 heavy (non-hydrogen) atoms. The van der Waals surface area contributed by atoms with Crippen molar-refractivity contribution in [1.82, 2.24) is 0 Å². The third kappa shape index (κ3) is 6.01. The summed E-state index contributed by atoms with van der Waals surface area (Å²) in [4.78, 5) is 10.5. The van der Waals surface area contributed by atoms with Crippen molar-refractivity contribution in [1.29, 1.82) is 0 Å². The summed E-state index contributed by atoms with van der Waals surface area (Å²) in [7, 11) is -0.804. The van der Waals surface area contributed by atoms with Gasteiger partial charge in [0.1, 0.15) is 0 Å². The molecule has 0 saturated carbocycles. The quantitative estimate of drug-likeness (QED) is 0.416. The van der Waals surface area contributed by atoms with E-state index in [-0.39, 0.29) is 5.69 Å². The number of nitrogens with one attached hydrogen (secondary N) is 2. The van der Waals surface area contributed by atoms with Gasteiger partial charge in [-0.25, -0.2) is 0 Å². The normalized spacial score (nSPS) is 11.9. The van der Waals surface area contributed by atoms with E-state index in [9.17, 15) is 14.3 Å². The van der Waals surface area contributed by atoms with E-state index in [4.69, 9.17) is 0 Å². The van der Waals surface area contributed by atoms with E-state index >= 15 is 0 Å². The van der Waals surface area contributed by atoms with Crippen molar-refractivity contribution in [2.24, 2.45) is 0 Å². The summed E-state index contributed by atoms with van der Waals surface area (Å²) in [5.41, 5.74) is 1.51. The number of nitrogens with zero attached hydrogens (tertiary/aromatic N) is 1. The summed E-state index contributed by atoms with van der Waals surface area (Å²) in [6.45, 7) is 3.46. The minimum absolute atomic E-state index is 0.0627. The zero-order valence-corrected chi connectivity index (χ0v) is 12.7. The van der Waals surface area contributed by atoms with Gasteiger partial charge >= 0.3 is 0 Å². The predicted octanol–water partition coefficient (Wildman–Crippen LogP) is 2.60. The van der Waals surface area contributed by atoms with Gasteiger partial charge in [-0.2, -0.15) is 0 Å². The van der Waals surface area contributed by atoms with E-state index in [1.165, 1.54) is 12.1 Å². The highest BCUT2D eigenvalue weighted by atomic mass is 32.2. The Hall–Kier alpha value is -1.63. The average molecular weight is 299 g/mol. The van der Waals surface area contributed by atoms with Crippen LogP contribution in [0.4, 0.5) is 17.1 Å². The number of rotatable bonds is 9. The summed E-state index contributed by atoms with van der Waals surface area (Å²) in [6, 6.07) is 4.90. The Labute approximate surface area is 121 Å². The lowest BCUT2D eigenvalue weighted by Crippen LogP contribution is -2.07. The van der Waals surface area contributed by atoms with Crippen LogP contribution in [0.15, 0.2) is 18.2 Å². The molecular formula is C13H21N3O3S. The molecule has 0 heterocycles. The van der Waals surface area contributed by atoms with Gasteiger partial charge in [0.25, 0.3) is 5.69 Å². The third-order valence-electron chi connectivity index (χ3n) is 2.65. The Morgan fingerprint density at radius 1 is 1.20 bits per heavy atom. The lowest BCUT2D eigenvalue weighted by molar-refractivity contribution is -0.384. The molecule has 0 aliphatic rings. The molecule has 0 bridgehead atoms. The molecule has 6 nitrogen and oxygen atoms in total. The highest BCUT2D eigenvalue weighted by Crippen LogP contribution is 2.24. The summed E-state index contributed by atoms with van der Waals surface area (Å²) in [6.07, 6.45) is 3.39. The van der Waals surface area contributed by atoms with Gasteiger partial charge in [-0.1, -0.05) is 6.92 Å². The van der Waals surface area contributed by atoms with E-state index in [0.717, 1.165) is 25.1 Å². The number of hydrogen-bond acceptors (Lipinski definition) is 5. The molecule has 0 saturated heterocycles. The first-order valence-electron chi connectivity index (χ1n) is 6.60. The van der Waals surface area contributed by atoms with Gasteiger partial charge in [-0.05, 0) is 18.9 Å². The number of anilines is 2. The van der Waals surface area contributed by atoms with E-state index < -0.39 is 15.7 Å². The van der Waals surface area contributed by atoms with Crippen molar-refractivity contribution < 1.29 is 9.13 Å². The van der Waals surface area contributed by atoms with Crippen LogP contribution in [0.5, 0.6) is 0 Å². The highest BCUT2D eigenvalue weighted by Gasteiger charge is 2.09. The van der Waals surface area contributed by atoms with Crippen LogP contribution in [0.2, 0.25) is 0 Å². The second kappa shape index (κ2) is 8.52. The molecule has 1 atom stereocenters. The SMILES string of the molecule is CCCNc1cc(NCCCS(C)=O)cc([N+](=O)[O-])c1. The van der Waals surface area contributed by atoms with Gasteiger partial charge < -0.3 is 10.6 Å². The molecule has 1 rings (SSSR count). The highest BCUT2D eigenvalue weighted by molar-refractivity contribution is 7.84. The van der Waals surface area contributed by atoms with Crippen molar-refractivity contribution in [2.45, 2.75) is 19.8 Å². The predicted molar refractivity (Wildman–Crippen MR) is 83.9 cm³/mol. The molecule has 0 radical (unpaired) electrons. The third-order valence-corrected chi connectivity index (χ3v) is 3.51. The molecule has 0 amide bonds. The second-order valence-electron chi connectivity index (χ2n) is 4.51. The lowest BCUT2D eigenvalue weighted by Gasteiger charge is -2.10. The van der Waals surface area contributed by atoms with Crippen molar-refractivity contribution in [3.8, 4) is 0 Å². The topological polar surface area (TPSA) is 84.3 Å². The molecule has 1 aromatic carbocycles. The lowest BCUT2D eigenvalue weighted by atomic mass is 10.2. The first-order chi connectivity index (χ1) is 9.52. The smallest absolute Gasteiger partial charge is 0.273 e. The maximum atomic E-state index is 11.0. The number of benzene rings is 1. The van der Waals surface area contributed by atoms with Crippen LogP contribution in [0, 0.1) is 10.1 Å². The second-order valence-corrected chi connectivity index (χ2v) is 6.06. The van der Waals surface area contributed by atoms with Crippen LogP contribution in [0.3, 0.4) is 0 Å². The number of nitro groups is 1. The maximum absolute atomic E-state index is 11.0. The summed E-state index contributed by atoms with van der Waals surface area (Å²) < 4.78 is 11.0. The van der Waals surface area contributed by atoms with Crippen LogP contribution < -0.4 is 10.6 Å². The number of non-ortho nitro benzene ring substituents is 1. The minimum atomic E-state index is -0.804. The van der Waals surface area contributed by atoms with Crippen molar-refractivity contribution in [3.05, 3.63) is 28.3 Å². The van der Waals surface area contributed by atoms with Gasteiger partial charge in [-0.3, -0.25) is 14.3 Å². The standard InChI is InChI=1S/C13H21N3O3S/c1-3-5-14-11-8-12(10-13(9-11)16(17)18)15-6-4-7-20(2)19/h8-10,14-15H,3-7H2,1-2H3. The molecule has 0 aliphatic heterocycles. The molecule has 2 N–H and O–H groups in total. The van der Waals surface area contributed by atoms with Crippen LogP contribution >= 0.6 is 0 Å². The zero-order chi connectivity index (χ0) is 15.0. The number of nitro benzene ring substituents is 1. The fourth-order valence-corrected chi connectivity index (χ4v) is 2.25. The fraction of sp³-hybridized carbons (Fsp3) is 0.538. The van der Waals surface area contributed by atoms with Crippen molar-refractivity contribution >= 4 is 27.9 Å². The van der Waals surface area contributed by atoms with Crippen LogP contribution in [-0.4, -0.2) is 34.2 Å². The van der Waals surface area contributed by atoms with Gasteiger partial charge in [-0.15, -0.1) is 0 Å². The molecule has 0 aromatic heterocycles. The average Bonchev–Trinajstić information content (AvgIpc) is 2.41. The van der Waals surface area contributed by atoms with E-state index in [2.05, 4.69) is 10.6 Å². The van der Waals surface area contributed by atoms with E-state index in [1.54, 1.807) is 6.26 Å². The molecule has 1 unspecified atom stereocenters. The molecular weight excluding hydrogens is 278 g/mol. The Bertz CT molecular complexity index is 480. The van der Waals surface area contributed by atoms with Crippen LogP contribution in [0.1, 0.15) is 19.8 Å². The van der Waals surface area contributed by atoms with E-state index in [1.807, 2.05) is 13.0 Å². The Morgan fingerprint density at radius 2 is 1.80 bits per heavy atom. The summed E-state index contributed by atoms with van der Waals surface area (Å²) in [5.74, 6) is 0.628. The summed E-state index contributed by atoms with van der Waals surface area (Å²) in [5, 5.41) is 17.2. The van der Waals surface area contributed by atoms with Gasteiger partial charge in [0.15, 0.2) is 0 Å². The molecule has 0 spiro atoms. The van der Waals surface area contributed by atoms with Crippen molar-refractivity contribution in [3.63, 3.8) is 0 Å². The van der Waals surface area contributed by atoms with Crippen LogP contribution in [0.25, 0.3) is 0 Å². The van der Waals surface area contributed by atoms with Crippen LogP contribution in [-0.2, 0) is 10.8 Å². The maximum Gasteiger partial charge on any atom is 0.273 e. The number of hydrogen-bond donors (Lipinski definition) is 2. The van der Waals surface area contributed by atoms with Gasteiger partial charge in [0.05, 0.1) is 4.92 Å². The minimum Gasteiger partial charge on any atom is -0.385 e. The molecule has 0 fully saturated rings. The zero-order valence-electron chi connectivity index (χ0n) is 11.8. The Morgan fingerprint density at radius 3 is 2.30 bits per heavy atom. The first kappa shape index (κ1) is 16.4. The summed E-state index contributed by atoms with van der Waals surface area (Å²) >= 11 is 0. The van der Waals surface area contributed by atoms with Gasteiger partial charge in [0.2, 0.25) is 0 Å². The molecule has 1 aromatic rings.